The van der Waals surface area contributed by atoms with E-state index in [-0.39, 0.29) is 17.4 Å². The van der Waals surface area contributed by atoms with Crippen LogP contribution in [0.15, 0.2) is 18.2 Å². The molecule has 0 aromatic heterocycles. The van der Waals surface area contributed by atoms with Gasteiger partial charge in [-0.3, -0.25) is 4.79 Å². The van der Waals surface area contributed by atoms with Crippen molar-refractivity contribution in [2.45, 2.75) is 18.9 Å². The van der Waals surface area contributed by atoms with Gasteiger partial charge in [-0.15, -0.1) is 0 Å². The molecular formula is C11H12ClFO4. The summed E-state index contributed by atoms with van der Waals surface area (Å²) >= 11 is 5.70. The van der Waals surface area contributed by atoms with E-state index in [0.29, 0.717) is 0 Å². The number of carboxylic acid groups (broad SMARTS) is 1. The van der Waals surface area contributed by atoms with Gasteiger partial charge in [-0.2, -0.15) is 0 Å². The van der Waals surface area contributed by atoms with E-state index in [0.717, 1.165) is 12.1 Å². The van der Waals surface area contributed by atoms with Crippen LogP contribution in [0, 0.1) is 5.82 Å². The molecule has 1 rings (SSSR count). The van der Waals surface area contributed by atoms with Crippen molar-refractivity contribution in [3.8, 4) is 5.75 Å². The van der Waals surface area contributed by atoms with Crippen LogP contribution in [0.5, 0.6) is 5.75 Å². The van der Waals surface area contributed by atoms with Gasteiger partial charge in [0.1, 0.15) is 23.8 Å². The Hall–Kier alpha value is -1.33. The van der Waals surface area contributed by atoms with Crippen molar-refractivity contribution >= 4 is 17.6 Å². The number of ether oxygens (including phenoxy) is 1. The van der Waals surface area contributed by atoms with Gasteiger partial charge in [0.25, 0.3) is 0 Å². The second-order valence-electron chi connectivity index (χ2n) is 3.93. The Morgan fingerprint density at radius 3 is 2.76 bits per heavy atom. The SMILES string of the molecule is CC(O)(COc1ccc(F)cc1Cl)CC(=O)O. The van der Waals surface area contributed by atoms with E-state index in [1.165, 1.54) is 13.0 Å². The van der Waals surface area contributed by atoms with Crippen LogP contribution in [-0.2, 0) is 4.79 Å². The van der Waals surface area contributed by atoms with E-state index in [4.69, 9.17) is 21.4 Å². The van der Waals surface area contributed by atoms with Crippen LogP contribution in [0.3, 0.4) is 0 Å². The summed E-state index contributed by atoms with van der Waals surface area (Å²) in [7, 11) is 0. The minimum absolute atomic E-state index is 0.0659. The van der Waals surface area contributed by atoms with Crippen LogP contribution >= 0.6 is 11.6 Å². The molecular weight excluding hydrogens is 251 g/mol. The van der Waals surface area contributed by atoms with E-state index in [9.17, 15) is 14.3 Å². The average molecular weight is 263 g/mol. The van der Waals surface area contributed by atoms with Crippen LogP contribution < -0.4 is 4.74 Å². The molecule has 1 unspecified atom stereocenters. The van der Waals surface area contributed by atoms with E-state index in [1.807, 2.05) is 0 Å². The number of aliphatic hydroxyl groups is 1. The molecule has 1 aromatic carbocycles. The lowest BCUT2D eigenvalue weighted by atomic mass is 10.0. The normalized spacial score (nSPS) is 14.1. The fraction of sp³-hybridized carbons (Fsp3) is 0.364. The van der Waals surface area contributed by atoms with Crippen LogP contribution in [-0.4, -0.2) is 28.4 Å². The minimum atomic E-state index is -1.51. The molecule has 0 saturated carbocycles. The van der Waals surface area contributed by atoms with Crippen molar-refractivity contribution in [1.29, 1.82) is 0 Å². The first-order valence-corrected chi connectivity index (χ1v) is 5.20. The molecule has 0 aliphatic heterocycles. The topological polar surface area (TPSA) is 66.8 Å². The van der Waals surface area contributed by atoms with Gasteiger partial charge < -0.3 is 14.9 Å². The molecule has 94 valence electrons. The van der Waals surface area contributed by atoms with Crippen LogP contribution in [0.1, 0.15) is 13.3 Å². The summed E-state index contributed by atoms with van der Waals surface area (Å²) in [6.45, 7) is 1.09. The molecule has 0 saturated heterocycles. The molecule has 17 heavy (non-hydrogen) atoms. The molecule has 0 amide bonds. The van der Waals surface area contributed by atoms with E-state index >= 15 is 0 Å². The van der Waals surface area contributed by atoms with Crippen molar-refractivity contribution in [3.63, 3.8) is 0 Å². The second kappa shape index (κ2) is 5.33. The largest absolute Gasteiger partial charge is 0.489 e. The maximum atomic E-state index is 12.7. The molecule has 6 heteroatoms. The summed E-state index contributed by atoms with van der Waals surface area (Å²) in [5.74, 6) is -1.44. The molecule has 0 spiro atoms. The molecule has 1 atom stereocenters. The van der Waals surface area contributed by atoms with Gasteiger partial charge in [0, 0.05) is 0 Å². The van der Waals surface area contributed by atoms with E-state index in [2.05, 4.69) is 0 Å². The molecule has 2 N–H and O–H groups in total. The van der Waals surface area contributed by atoms with Gasteiger partial charge in [0.05, 0.1) is 11.4 Å². The predicted octanol–water partition coefficient (Wildman–Crippen LogP) is 2.08. The molecule has 0 fully saturated rings. The zero-order valence-corrected chi connectivity index (χ0v) is 9.87. The van der Waals surface area contributed by atoms with Crippen LogP contribution in [0.4, 0.5) is 4.39 Å². The first-order chi connectivity index (χ1) is 7.80. The highest BCUT2D eigenvalue weighted by atomic mass is 35.5. The minimum Gasteiger partial charge on any atom is -0.489 e. The number of halogens is 2. The highest BCUT2D eigenvalue weighted by molar-refractivity contribution is 6.32. The summed E-state index contributed by atoms with van der Waals surface area (Å²) in [6, 6.07) is 3.55. The number of hydrogen-bond donors (Lipinski definition) is 2. The average Bonchev–Trinajstić information content (AvgIpc) is 2.14. The quantitative estimate of drug-likeness (QED) is 0.853. The van der Waals surface area contributed by atoms with Gasteiger partial charge in [0.15, 0.2) is 0 Å². The van der Waals surface area contributed by atoms with Crippen molar-refractivity contribution in [2.75, 3.05) is 6.61 Å². The molecule has 0 heterocycles. The third-order valence-electron chi connectivity index (χ3n) is 1.96. The molecule has 1 aromatic rings. The lowest BCUT2D eigenvalue weighted by Crippen LogP contribution is -2.34. The number of hydrogen-bond acceptors (Lipinski definition) is 3. The summed E-state index contributed by atoms with van der Waals surface area (Å²) in [5.41, 5.74) is -1.51. The number of rotatable bonds is 5. The summed E-state index contributed by atoms with van der Waals surface area (Å²) in [6.07, 6.45) is -0.453. The summed E-state index contributed by atoms with van der Waals surface area (Å²) in [4.78, 5) is 10.4. The highest BCUT2D eigenvalue weighted by Gasteiger charge is 2.25. The Morgan fingerprint density at radius 1 is 1.59 bits per heavy atom. The second-order valence-corrected chi connectivity index (χ2v) is 4.34. The van der Waals surface area contributed by atoms with Gasteiger partial charge in [-0.05, 0) is 25.1 Å². The highest BCUT2D eigenvalue weighted by Crippen LogP contribution is 2.26. The standard InChI is InChI=1S/C11H12ClFO4/c1-11(16,5-10(14)15)6-17-9-3-2-7(13)4-8(9)12/h2-4,16H,5-6H2,1H3,(H,14,15). The first kappa shape index (κ1) is 13.7. The third kappa shape index (κ3) is 4.58. The smallest absolute Gasteiger partial charge is 0.306 e. The van der Waals surface area contributed by atoms with Crippen LogP contribution in [0.25, 0.3) is 0 Å². The first-order valence-electron chi connectivity index (χ1n) is 4.82. The van der Waals surface area contributed by atoms with Gasteiger partial charge in [-0.25, -0.2) is 4.39 Å². The van der Waals surface area contributed by atoms with E-state index in [1.54, 1.807) is 0 Å². The zero-order valence-electron chi connectivity index (χ0n) is 9.11. The zero-order chi connectivity index (χ0) is 13.1. The Kier molecular flexibility index (Phi) is 4.31. The Labute approximate surface area is 103 Å². The molecule has 0 aliphatic rings. The monoisotopic (exact) mass is 262 g/mol. The maximum Gasteiger partial charge on any atom is 0.306 e. The fourth-order valence-electron chi connectivity index (χ4n) is 1.20. The third-order valence-corrected chi connectivity index (χ3v) is 2.26. The summed E-state index contributed by atoms with van der Waals surface area (Å²) < 4.78 is 17.9. The number of carbonyl (C=O) groups is 1. The lowest BCUT2D eigenvalue weighted by Gasteiger charge is -2.21. The molecule has 0 bridgehead atoms. The fourth-order valence-corrected chi connectivity index (χ4v) is 1.42. The predicted molar refractivity (Wildman–Crippen MR) is 59.8 cm³/mol. The van der Waals surface area contributed by atoms with Crippen molar-refractivity contribution in [1.82, 2.24) is 0 Å². The Bertz CT molecular complexity index is 420. The van der Waals surface area contributed by atoms with Gasteiger partial charge >= 0.3 is 5.97 Å². The molecule has 4 nitrogen and oxygen atoms in total. The van der Waals surface area contributed by atoms with Crippen LogP contribution in [0.2, 0.25) is 5.02 Å². The Morgan fingerprint density at radius 2 is 2.24 bits per heavy atom. The summed E-state index contributed by atoms with van der Waals surface area (Å²) in [5, 5.41) is 18.3. The van der Waals surface area contributed by atoms with Crippen molar-refractivity contribution < 1.29 is 24.1 Å². The van der Waals surface area contributed by atoms with Gasteiger partial charge in [0.2, 0.25) is 0 Å². The maximum absolute atomic E-state index is 12.7. The molecule has 0 aliphatic carbocycles. The van der Waals surface area contributed by atoms with Gasteiger partial charge in [-0.1, -0.05) is 11.6 Å². The van der Waals surface area contributed by atoms with E-state index < -0.39 is 23.8 Å². The number of benzene rings is 1. The number of carboxylic acids is 1. The van der Waals surface area contributed by atoms with Crippen molar-refractivity contribution in [3.05, 3.63) is 29.0 Å². The van der Waals surface area contributed by atoms with Crippen molar-refractivity contribution in [2.24, 2.45) is 0 Å². The lowest BCUT2D eigenvalue weighted by molar-refractivity contribution is -0.143. The Balaban J connectivity index is 2.64. The molecule has 0 radical (unpaired) electrons. The number of aliphatic carboxylic acids is 1.